The Bertz CT molecular complexity index is 906. The number of amides is 1. The predicted molar refractivity (Wildman–Crippen MR) is 89.0 cm³/mol. The van der Waals surface area contributed by atoms with Crippen molar-refractivity contribution >= 4 is 40.3 Å². The smallest absolute Gasteiger partial charge is 0.341 e. The largest absolute Gasteiger partial charge is 0.449 e. The molecule has 1 heterocycles. The van der Waals surface area contributed by atoms with E-state index in [-0.39, 0.29) is 5.56 Å². The average Bonchev–Trinajstić information content (AvgIpc) is 3.03. The Balaban J connectivity index is 1.69. The minimum atomic E-state index is -0.987. The Labute approximate surface area is 142 Å². The molecule has 3 rings (SSSR count). The molecule has 0 saturated heterocycles. The highest BCUT2D eigenvalue weighted by Gasteiger charge is 2.21. The van der Waals surface area contributed by atoms with E-state index in [4.69, 9.17) is 20.8 Å². The third kappa shape index (κ3) is 3.38. The number of anilines is 1. The van der Waals surface area contributed by atoms with Crippen molar-refractivity contribution in [1.29, 1.82) is 0 Å². The number of ether oxygens (including phenoxy) is 1. The molecule has 0 spiro atoms. The van der Waals surface area contributed by atoms with E-state index in [1.165, 1.54) is 13.3 Å². The summed E-state index contributed by atoms with van der Waals surface area (Å²) >= 11 is 5.86. The maximum Gasteiger partial charge on any atom is 0.341 e. The van der Waals surface area contributed by atoms with Gasteiger partial charge in [-0.25, -0.2) is 9.78 Å². The molecule has 0 bridgehead atoms. The molecule has 24 heavy (non-hydrogen) atoms. The number of fused-ring (bicyclic) bond motifs is 1. The van der Waals surface area contributed by atoms with E-state index in [0.717, 1.165) is 0 Å². The lowest BCUT2D eigenvalue weighted by atomic mass is 10.2. The summed E-state index contributed by atoms with van der Waals surface area (Å²) in [5.74, 6) is -1.11. The van der Waals surface area contributed by atoms with E-state index in [2.05, 4.69) is 10.3 Å². The number of esters is 1. The van der Waals surface area contributed by atoms with Crippen LogP contribution in [0.1, 0.15) is 17.3 Å². The summed E-state index contributed by atoms with van der Waals surface area (Å²) in [4.78, 5) is 28.4. The fraction of sp³-hybridized carbons (Fsp3) is 0.118. The van der Waals surface area contributed by atoms with Gasteiger partial charge in [0.1, 0.15) is 5.52 Å². The van der Waals surface area contributed by atoms with Gasteiger partial charge in [-0.1, -0.05) is 23.7 Å². The monoisotopic (exact) mass is 344 g/mol. The zero-order chi connectivity index (χ0) is 17.1. The molecule has 0 aliphatic heterocycles. The van der Waals surface area contributed by atoms with Crippen LogP contribution in [0, 0.1) is 0 Å². The number of para-hydroxylation sites is 1. The molecule has 0 fully saturated rings. The van der Waals surface area contributed by atoms with Crippen LogP contribution in [0.3, 0.4) is 0 Å². The van der Waals surface area contributed by atoms with Gasteiger partial charge >= 0.3 is 5.97 Å². The Morgan fingerprint density at radius 1 is 1.25 bits per heavy atom. The van der Waals surface area contributed by atoms with Gasteiger partial charge in [0.25, 0.3) is 5.91 Å². The van der Waals surface area contributed by atoms with Crippen molar-refractivity contribution < 1.29 is 18.7 Å². The Kier molecular flexibility index (Phi) is 4.48. The normalized spacial score (nSPS) is 11.9. The summed E-state index contributed by atoms with van der Waals surface area (Å²) in [5, 5.41) is 3.13. The van der Waals surface area contributed by atoms with Crippen molar-refractivity contribution in [3.05, 3.63) is 59.4 Å². The maximum absolute atomic E-state index is 12.3. The summed E-state index contributed by atoms with van der Waals surface area (Å²) in [5.41, 5.74) is 1.63. The number of nitrogens with one attached hydrogen (secondary N) is 1. The highest BCUT2D eigenvalue weighted by Crippen LogP contribution is 2.19. The van der Waals surface area contributed by atoms with Crippen molar-refractivity contribution in [3.8, 4) is 0 Å². The molecule has 2 aromatic carbocycles. The van der Waals surface area contributed by atoms with Crippen LogP contribution in [-0.2, 0) is 9.53 Å². The number of carbonyl (C=O) groups is 2. The van der Waals surface area contributed by atoms with Crippen LogP contribution in [0.5, 0.6) is 0 Å². The summed E-state index contributed by atoms with van der Waals surface area (Å²) in [7, 11) is 0. The number of oxazole rings is 1. The SMILES string of the molecule is CC(OC(=O)c1cccc2ocnc12)C(=O)Nc1cccc(Cl)c1. The van der Waals surface area contributed by atoms with Crippen LogP contribution in [-0.4, -0.2) is 23.0 Å². The molecule has 7 heteroatoms. The molecule has 122 valence electrons. The third-order valence-electron chi connectivity index (χ3n) is 3.33. The standard InChI is InChI=1S/C17H13ClN2O4/c1-10(16(21)20-12-5-2-4-11(18)8-12)24-17(22)13-6-3-7-14-15(13)19-9-23-14/h2-10H,1H3,(H,20,21). The van der Waals surface area contributed by atoms with Gasteiger partial charge in [0.05, 0.1) is 5.56 Å². The average molecular weight is 345 g/mol. The van der Waals surface area contributed by atoms with Gasteiger partial charge in [-0.15, -0.1) is 0 Å². The second-order valence-electron chi connectivity index (χ2n) is 5.05. The van der Waals surface area contributed by atoms with Crippen LogP contribution < -0.4 is 5.32 Å². The number of hydrogen-bond donors (Lipinski definition) is 1. The first-order valence-corrected chi connectivity index (χ1v) is 7.52. The van der Waals surface area contributed by atoms with Gasteiger partial charge in [-0.05, 0) is 37.3 Å². The van der Waals surface area contributed by atoms with Crippen LogP contribution in [0.2, 0.25) is 5.02 Å². The fourth-order valence-electron chi connectivity index (χ4n) is 2.14. The maximum atomic E-state index is 12.3. The van der Waals surface area contributed by atoms with Crippen molar-refractivity contribution in [2.24, 2.45) is 0 Å². The first-order chi connectivity index (χ1) is 11.5. The second kappa shape index (κ2) is 6.72. The minimum absolute atomic E-state index is 0.239. The van der Waals surface area contributed by atoms with Crippen LogP contribution in [0.15, 0.2) is 53.3 Å². The van der Waals surface area contributed by atoms with E-state index in [1.54, 1.807) is 42.5 Å². The highest BCUT2D eigenvalue weighted by atomic mass is 35.5. The molecular weight excluding hydrogens is 332 g/mol. The molecule has 3 aromatic rings. The summed E-state index contributed by atoms with van der Waals surface area (Å²) in [6.07, 6.45) is 0.259. The first kappa shape index (κ1) is 16.0. The number of carbonyl (C=O) groups excluding carboxylic acids is 2. The quantitative estimate of drug-likeness (QED) is 0.730. The molecule has 1 unspecified atom stereocenters. The van der Waals surface area contributed by atoms with Crippen molar-refractivity contribution in [3.63, 3.8) is 0 Å². The Morgan fingerprint density at radius 2 is 2.04 bits per heavy atom. The molecule has 0 saturated carbocycles. The summed E-state index contributed by atoms with van der Waals surface area (Å²) in [6, 6.07) is 11.6. The number of hydrogen-bond acceptors (Lipinski definition) is 5. The highest BCUT2D eigenvalue weighted by molar-refractivity contribution is 6.30. The summed E-state index contributed by atoms with van der Waals surface area (Å²) in [6.45, 7) is 1.49. The van der Waals surface area contributed by atoms with E-state index < -0.39 is 18.0 Å². The van der Waals surface area contributed by atoms with Gasteiger partial charge in [0.15, 0.2) is 18.1 Å². The number of rotatable bonds is 4. The molecule has 0 aliphatic carbocycles. The Hall–Kier alpha value is -2.86. The van der Waals surface area contributed by atoms with Crippen molar-refractivity contribution in [2.75, 3.05) is 5.32 Å². The van der Waals surface area contributed by atoms with Gasteiger partial charge in [0.2, 0.25) is 0 Å². The number of aromatic nitrogens is 1. The molecule has 1 aromatic heterocycles. The van der Waals surface area contributed by atoms with E-state index in [1.807, 2.05) is 0 Å². The van der Waals surface area contributed by atoms with Crippen molar-refractivity contribution in [1.82, 2.24) is 4.98 Å². The molecule has 0 aliphatic rings. The zero-order valence-electron chi connectivity index (χ0n) is 12.7. The minimum Gasteiger partial charge on any atom is -0.449 e. The van der Waals surface area contributed by atoms with E-state index in [0.29, 0.717) is 21.8 Å². The molecule has 1 amide bonds. The Morgan fingerprint density at radius 3 is 2.83 bits per heavy atom. The zero-order valence-corrected chi connectivity index (χ0v) is 13.4. The van der Waals surface area contributed by atoms with Crippen LogP contribution >= 0.6 is 11.6 Å². The van der Waals surface area contributed by atoms with Crippen LogP contribution in [0.25, 0.3) is 11.1 Å². The van der Waals surface area contributed by atoms with Gasteiger partial charge < -0.3 is 14.5 Å². The van der Waals surface area contributed by atoms with Gasteiger partial charge in [0, 0.05) is 10.7 Å². The topological polar surface area (TPSA) is 81.4 Å². The fourth-order valence-corrected chi connectivity index (χ4v) is 2.33. The summed E-state index contributed by atoms with van der Waals surface area (Å²) < 4.78 is 10.4. The lowest BCUT2D eigenvalue weighted by molar-refractivity contribution is -0.123. The van der Waals surface area contributed by atoms with Crippen molar-refractivity contribution in [2.45, 2.75) is 13.0 Å². The second-order valence-corrected chi connectivity index (χ2v) is 5.49. The van der Waals surface area contributed by atoms with Gasteiger partial charge in [-0.2, -0.15) is 0 Å². The lowest BCUT2D eigenvalue weighted by Crippen LogP contribution is -2.30. The first-order valence-electron chi connectivity index (χ1n) is 7.14. The molecular formula is C17H13ClN2O4. The predicted octanol–water partition coefficient (Wildman–Crippen LogP) is 3.67. The van der Waals surface area contributed by atoms with E-state index in [9.17, 15) is 9.59 Å². The lowest BCUT2D eigenvalue weighted by Gasteiger charge is -2.13. The molecule has 0 radical (unpaired) electrons. The molecule has 6 nitrogen and oxygen atoms in total. The van der Waals surface area contributed by atoms with E-state index >= 15 is 0 Å². The number of benzene rings is 2. The van der Waals surface area contributed by atoms with Gasteiger partial charge in [-0.3, -0.25) is 4.79 Å². The third-order valence-corrected chi connectivity index (χ3v) is 3.56. The molecule has 1 N–H and O–H groups in total. The molecule has 1 atom stereocenters. The number of halogens is 1. The number of nitrogens with zero attached hydrogens (tertiary/aromatic N) is 1. The van der Waals surface area contributed by atoms with Crippen LogP contribution in [0.4, 0.5) is 5.69 Å².